The largest absolute Gasteiger partial charge is 0.380 e. The summed E-state index contributed by atoms with van der Waals surface area (Å²) in [6.07, 6.45) is 0.989. The average molecular weight is 290 g/mol. The molecule has 0 spiro atoms. The van der Waals surface area contributed by atoms with E-state index in [1.165, 1.54) is 21.7 Å². The summed E-state index contributed by atoms with van der Waals surface area (Å²) in [5.74, 6) is 0. The molecule has 3 nitrogen and oxygen atoms in total. The van der Waals surface area contributed by atoms with Crippen molar-refractivity contribution in [1.82, 2.24) is 10.3 Å². The second-order valence-corrected chi connectivity index (χ2v) is 6.04. The van der Waals surface area contributed by atoms with Crippen molar-refractivity contribution in [1.29, 1.82) is 0 Å². The first kappa shape index (κ1) is 15.2. The quantitative estimate of drug-likeness (QED) is 0.884. The van der Waals surface area contributed by atoms with Crippen LogP contribution in [0.4, 0.5) is 0 Å². The van der Waals surface area contributed by atoms with Crippen LogP contribution in [0.3, 0.4) is 0 Å². The number of hydrogen-bond donors (Lipinski definition) is 1. The Morgan fingerprint density at radius 3 is 2.80 bits per heavy atom. The third kappa shape index (κ3) is 3.26. The van der Waals surface area contributed by atoms with Gasteiger partial charge in [0.05, 0.1) is 18.3 Å². The zero-order chi connectivity index (χ0) is 14.5. The summed E-state index contributed by atoms with van der Waals surface area (Å²) < 4.78 is 5.21. The summed E-state index contributed by atoms with van der Waals surface area (Å²) in [6, 6.07) is 8.64. The van der Waals surface area contributed by atoms with Gasteiger partial charge in [0, 0.05) is 12.0 Å². The Morgan fingerprint density at radius 2 is 2.20 bits per heavy atom. The molecule has 1 unspecified atom stereocenters. The molecule has 108 valence electrons. The van der Waals surface area contributed by atoms with E-state index < -0.39 is 0 Å². The lowest BCUT2D eigenvalue weighted by Gasteiger charge is -2.15. The van der Waals surface area contributed by atoms with Crippen LogP contribution >= 0.6 is 11.3 Å². The lowest BCUT2D eigenvalue weighted by molar-refractivity contribution is 0.185. The number of nitrogens with zero attached hydrogens (tertiary/aromatic N) is 1. The normalized spacial score (nSPS) is 12.6. The van der Waals surface area contributed by atoms with Gasteiger partial charge in [-0.1, -0.05) is 31.2 Å². The van der Waals surface area contributed by atoms with Gasteiger partial charge in [-0.15, -0.1) is 11.3 Å². The van der Waals surface area contributed by atoms with E-state index in [9.17, 15) is 0 Å². The highest BCUT2D eigenvalue weighted by Crippen LogP contribution is 2.28. The predicted octanol–water partition coefficient (Wildman–Crippen LogP) is 3.47. The maximum Gasteiger partial charge on any atom is 0.115 e. The van der Waals surface area contributed by atoms with Crippen LogP contribution in [0, 0.1) is 6.92 Å². The second kappa shape index (κ2) is 6.97. The van der Waals surface area contributed by atoms with E-state index in [0.717, 1.165) is 11.4 Å². The number of methoxy groups -OCH3 is 1. The molecule has 2 aromatic rings. The average Bonchev–Trinajstić information content (AvgIpc) is 2.81. The molecule has 0 bridgehead atoms. The Bertz CT molecular complexity index is 565. The minimum absolute atomic E-state index is 0.149. The van der Waals surface area contributed by atoms with Gasteiger partial charge in [-0.25, -0.2) is 4.98 Å². The number of rotatable bonds is 6. The highest BCUT2D eigenvalue weighted by molar-refractivity contribution is 7.11. The molecule has 0 radical (unpaired) electrons. The third-order valence-electron chi connectivity index (χ3n) is 3.38. The summed E-state index contributed by atoms with van der Waals surface area (Å²) in [4.78, 5) is 6.09. The van der Waals surface area contributed by atoms with Crippen molar-refractivity contribution in [2.24, 2.45) is 0 Å². The van der Waals surface area contributed by atoms with E-state index in [1.807, 2.05) is 7.05 Å². The lowest BCUT2D eigenvalue weighted by Crippen LogP contribution is -2.17. The van der Waals surface area contributed by atoms with Gasteiger partial charge in [0.1, 0.15) is 5.01 Å². The van der Waals surface area contributed by atoms with Gasteiger partial charge in [-0.3, -0.25) is 0 Å². The van der Waals surface area contributed by atoms with E-state index in [0.29, 0.717) is 6.61 Å². The maximum atomic E-state index is 5.21. The Balaban J connectivity index is 2.33. The topological polar surface area (TPSA) is 34.2 Å². The SMILES string of the molecule is CCc1nc(C(NC)c2cccc(COC)c2)sc1C. The molecule has 1 aromatic heterocycles. The fraction of sp³-hybridized carbons (Fsp3) is 0.438. The van der Waals surface area contributed by atoms with Gasteiger partial charge in [0.25, 0.3) is 0 Å². The summed E-state index contributed by atoms with van der Waals surface area (Å²) in [5.41, 5.74) is 3.63. The first-order valence-electron chi connectivity index (χ1n) is 6.90. The van der Waals surface area contributed by atoms with E-state index in [2.05, 4.69) is 43.4 Å². The number of ether oxygens (including phenoxy) is 1. The van der Waals surface area contributed by atoms with Crippen LogP contribution in [-0.4, -0.2) is 19.1 Å². The van der Waals surface area contributed by atoms with Crippen molar-refractivity contribution in [3.63, 3.8) is 0 Å². The monoisotopic (exact) mass is 290 g/mol. The van der Waals surface area contributed by atoms with Gasteiger partial charge in [-0.2, -0.15) is 0 Å². The lowest BCUT2D eigenvalue weighted by atomic mass is 10.0. The van der Waals surface area contributed by atoms with Gasteiger partial charge >= 0.3 is 0 Å². The minimum Gasteiger partial charge on any atom is -0.380 e. The summed E-state index contributed by atoms with van der Waals surface area (Å²) in [6.45, 7) is 4.94. The van der Waals surface area contributed by atoms with E-state index >= 15 is 0 Å². The summed E-state index contributed by atoms with van der Waals surface area (Å²) >= 11 is 1.78. The number of thiazole rings is 1. The molecule has 0 amide bonds. The van der Waals surface area contributed by atoms with Crippen LogP contribution in [0.2, 0.25) is 0 Å². The Hall–Kier alpha value is -1.23. The van der Waals surface area contributed by atoms with Crippen LogP contribution in [0.1, 0.15) is 39.7 Å². The van der Waals surface area contributed by atoms with Gasteiger partial charge in [-0.05, 0) is 31.5 Å². The van der Waals surface area contributed by atoms with Crippen LogP contribution in [0.25, 0.3) is 0 Å². The number of hydrogen-bond acceptors (Lipinski definition) is 4. The summed E-state index contributed by atoms with van der Waals surface area (Å²) in [7, 11) is 3.70. The molecule has 0 saturated carbocycles. The fourth-order valence-corrected chi connectivity index (χ4v) is 3.51. The molecule has 0 aliphatic rings. The zero-order valence-corrected chi connectivity index (χ0v) is 13.4. The predicted molar refractivity (Wildman–Crippen MR) is 84.3 cm³/mol. The molecule has 1 heterocycles. The maximum absolute atomic E-state index is 5.21. The van der Waals surface area contributed by atoms with E-state index in [4.69, 9.17) is 9.72 Å². The number of nitrogens with one attached hydrogen (secondary N) is 1. The van der Waals surface area contributed by atoms with Crippen LogP contribution in [0.5, 0.6) is 0 Å². The van der Waals surface area contributed by atoms with Crippen LogP contribution < -0.4 is 5.32 Å². The Kier molecular flexibility index (Phi) is 5.29. The van der Waals surface area contributed by atoms with Crippen molar-refractivity contribution in [3.05, 3.63) is 51.0 Å². The standard InChI is InChI=1S/C16H22N2OS/c1-5-14-11(2)20-16(18-14)15(17-3)13-8-6-7-12(9-13)10-19-4/h6-9,15,17H,5,10H2,1-4H3. The van der Waals surface area contributed by atoms with Gasteiger partial charge in [0.15, 0.2) is 0 Å². The molecule has 0 saturated heterocycles. The molecule has 1 N–H and O–H groups in total. The molecule has 1 aromatic carbocycles. The Labute approximate surface area is 125 Å². The molecule has 20 heavy (non-hydrogen) atoms. The van der Waals surface area contributed by atoms with Crippen molar-refractivity contribution < 1.29 is 4.74 Å². The molecule has 0 aliphatic carbocycles. The molecule has 2 rings (SSSR count). The molecule has 0 aliphatic heterocycles. The van der Waals surface area contributed by atoms with Gasteiger partial charge < -0.3 is 10.1 Å². The molecule has 4 heteroatoms. The van der Waals surface area contributed by atoms with E-state index in [1.54, 1.807) is 18.4 Å². The summed E-state index contributed by atoms with van der Waals surface area (Å²) in [5, 5.41) is 4.51. The van der Waals surface area contributed by atoms with Crippen molar-refractivity contribution in [2.45, 2.75) is 32.9 Å². The smallest absolute Gasteiger partial charge is 0.115 e. The first-order valence-corrected chi connectivity index (χ1v) is 7.72. The Morgan fingerprint density at radius 1 is 1.40 bits per heavy atom. The van der Waals surface area contributed by atoms with E-state index in [-0.39, 0.29) is 6.04 Å². The number of aromatic nitrogens is 1. The minimum atomic E-state index is 0.149. The fourth-order valence-electron chi connectivity index (χ4n) is 2.36. The molecular weight excluding hydrogens is 268 g/mol. The van der Waals surface area contributed by atoms with Crippen molar-refractivity contribution in [3.8, 4) is 0 Å². The van der Waals surface area contributed by atoms with Crippen molar-refractivity contribution >= 4 is 11.3 Å². The molecule has 0 fully saturated rings. The number of benzene rings is 1. The van der Waals surface area contributed by atoms with Crippen molar-refractivity contribution in [2.75, 3.05) is 14.2 Å². The highest BCUT2D eigenvalue weighted by atomic mass is 32.1. The highest BCUT2D eigenvalue weighted by Gasteiger charge is 2.17. The number of aryl methyl sites for hydroxylation is 2. The van der Waals surface area contributed by atoms with Crippen LogP contribution in [0.15, 0.2) is 24.3 Å². The third-order valence-corrected chi connectivity index (χ3v) is 4.45. The second-order valence-electron chi connectivity index (χ2n) is 4.81. The molecular formula is C16H22N2OS. The van der Waals surface area contributed by atoms with Gasteiger partial charge in [0.2, 0.25) is 0 Å². The van der Waals surface area contributed by atoms with Crippen LogP contribution in [-0.2, 0) is 17.8 Å². The first-order chi connectivity index (χ1) is 9.69. The molecule has 1 atom stereocenters. The zero-order valence-electron chi connectivity index (χ0n) is 12.6.